The number of hydrogen-bond donors (Lipinski definition) is 0. The van der Waals surface area contributed by atoms with Gasteiger partial charge in [-0.25, -0.2) is 9.48 Å². The van der Waals surface area contributed by atoms with Crippen LogP contribution in [0.15, 0.2) is 54.7 Å². The van der Waals surface area contributed by atoms with Gasteiger partial charge in [0.25, 0.3) is 0 Å². The molecule has 1 fully saturated rings. The van der Waals surface area contributed by atoms with Gasteiger partial charge in [-0.3, -0.25) is 4.68 Å². The maximum atomic E-state index is 12.3. The highest BCUT2D eigenvalue weighted by Crippen LogP contribution is 2.31. The molecule has 2 heterocycles. The van der Waals surface area contributed by atoms with E-state index in [0.29, 0.717) is 19.4 Å². The average Bonchev–Trinajstić information content (AvgIpc) is 3.44. The molecule has 0 aliphatic heterocycles. The van der Waals surface area contributed by atoms with Crippen LogP contribution in [0.3, 0.4) is 0 Å². The first-order valence-corrected chi connectivity index (χ1v) is 16.5. The largest absolute Gasteiger partial charge is 0.490 e. The van der Waals surface area contributed by atoms with Crippen LogP contribution in [0.4, 0.5) is 0 Å². The van der Waals surface area contributed by atoms with Gasteiger partial charge in [0.15, 0.2) is 5.69 Å². The second-order valence-corrected chi connectivity index (χ2v) is 16.4. The van der Waals surface area contributed by atoms with Crippen molar-refractivity contribution < 1.29 is 19.0 Å². The van der Waals surface area contributed by atoms with E-state index in [9.17, 15) is 4.79 Å². The van der Waals surface area contributed by atoms with Crippen LogP contribution in [0, 0.1) is 0 Å². The van der Waals surface area contributed by atoms with Crippen molar-refractivity contribution >= 4 is 24.9 Å². The molecule has 4 aromatic rings. The number of esters is 1. The lowest BCUT2D eigenvalue weighted by Gasteiger charge is -2.15. The fourth-order valence-corrected chi connectivity index (χ4v) is 4.88. The smallest absolute Gasteiger partial charge is 0.358 e. The SMILES string of the molecule is COC(=O)c1cc(-c2cccc(OC3CC3)c2)n(Cc2ccc3c(cnn3COCC[Si](C)(C)C)c2)n1. The van der Waals surface area contributed by atoms with E-state index in [1.54, 1.807) is 6.07 Å². The zero-order valence-electron chi connectivity index (χ0n) is 21.9. The molecule has 2 aromatic carbocycles. The Morgan fingerprint density at radius 2 is 1.92 bits per heavy atom. The number of fused-ring (bicyclic) bond motifs is 1. The Hall–Kier alpha value is -3.43. The van der Waals surface area contributed by atoms with E-state index in [1.807, 2.05) is 39.8 Å². The van der Waals surface area contributed by atoms with Gasteiger partial charge < -0.3 is 14.2 Å². The number of ether oxygens (including phenoxy) is 3. The number of aromatic nitrogens is 4. The number of benzene rings is 2. The Kier molecular flexibility index (Phi) is 7.17. The van der Waals surface area contributed by atoms with E-state index in [1.165, 1.54) is 7.11 Å². The van der Waals surface area contributed by atoms with Crippen molar-refractivity contribution in [1.82, 2.24) is 19.6 Å². The molecule has 0 saturated heterocycles. The fraction of sp³-hybridized carbons (Fsp3) is 0.393. The molecule has 2 aromatic heterocycles. The summed E-state index contributed by atoms with van der Waals surface area (Å²) in [5.41, 5.74) is 4.12. The van der Waals surface area contributed by atoms with E-state index < -0.39 is 14.0 Å². The third-order valence-electron chi connectivity index (χ3n) is 6.38. The van der Waals surface area contributed by atoms with Gasteiger partial charge in [-0.2, -0.15) is 10.2 Å². The molecule has 1 aliphatic rings. The van der Waals surface area contributed by atoms with Crippen molar-refractivity contribution in [3.8, 4) is 17.0 Å². The molecule has 0 spiro atoms. The van der Waals surface area contributed by atoms with Gasteiger partial charge in [-0.15, -0.1) is 0 Å². The molecule has 1 aliphatic carbocycles. The quantitative estimate of drug-likeness (QED) is 0.146. The number of nitrogens with zero attached hydrogens (tertiary/aromatic N) is 4. The van der Waals surface area contributed by atoms with Gasteiger partial charge in [0.1, 0.15) is 12.5 Å². The summed E-state index contributed by atoms with van der Waals surface area (Å²) in [5, 5.41) is 10.1. The summed E-state index contributed by atoms with van der Waals surface area (Å²) in [7, 11) is 0.245. The zero-order chi connectivity index (χ0) is 26.0. The van der Waals surface area contributed by atoms with Crippen molar-refractivity contribution in [2.45, 2.75) is 57.9 Å². The summed E-state index contributed by atoms with van der Waals surface area (Å²) in [6, 6.07) is 17.1. The maximum absolute atomic E-state index is 12.3. The molecular weight excluding hydrogens is 484 g/mol. The normalized spacial score (nSPS) is 13.7. The molecule has 0 atom stereocenters. The summed E-state index contributed by atoms with van der Waals surface area (Å²) >= 11 is 0. The monoisotopic (exact) mass is 518 g/mol. The van der Waals surface area contributed by atoms with Crippen molar-refractivity contribution in [2.75, 3.05) is 13.7 Å². The van der Waals surface area contributed by atoms with Crippen molar-refractivity contribution in [2.24, 2.45) is 0 Å². The number of carbonyl (C=O) groups is 1. The highest BCUT2D eigenvalue weighted by atomic mass is 28.3. The number of carbonyl (C=O) groups excluding carboxylic acids is 1. The second kappa shape index (κ2) is 10.5. The minimum Gasteiger partial charge on any atom is -0.490 e. The molecular formula is C28H34N4O4Si. The van der Waals surface area contributed by atoms with Crippen LogP contribution >= 0.6 is 0 Å². The third kappa shape index (κ3) is 6.29. The van der Waals surface area contributed by atoms with Crippen LogP contribution in [0.1, 0.15) is 28.9 Å². The first kappa shape index (κ1) is 25.2. The van der Waals surface area contributed by atoms with E-state index in [4.69, 9.17) is 14.2 Å². The van der Waals surface area contributed by atoms with E-state index >= 15 is 0 Å². The molecule has 9 heteroatoms. The summed E-state index contributed by atoms with van der Waals surface area (Å²) < 4.78 is 20.5. The van der Waals surface area contributed by atoms with Gasteiger partial charge in [0.05, 0.1) is 37.2 Å². The average molecular weight is 519 g/mol. The topological polar surface area (TPSA) is 80.4 Å². The molecule has 0 bridgehead atoms. The molecule has 0 amide bonds. The lowest BCUT2D eigenvalue weighted by molar-refractivity contribution is 0.0593. The number of rotatable bonds is 11. The van der Waals surface area contributed by atoms with Gasteiger partial charge in [0.2, 0.25) is 0 Å². The van der Waals surface area contributed by atoms with E-state index in [2.05, 4.69) is 48.0 Å². The Morgan fingerprint density at radius 3 is 2.68 bits per heavy atom. The number of methoxy groups -OCH3 is 1. The van der Waals surface area contributed by atoms with Crippen LogP contribution in [-0.2, 0) is 22.7 Å². The highest BCUT2D eigenvalue weighted by molar-refractivity contribution is 6.76. The Balaban J connectivity index is 1.37. The third-order valence-corrected chi connectivity index (χ3v) is 8.08. The van der Waals surface area contributed by atoms with Crippen LogP contribution < -0.4 is 4.74 Å². The molecule has 8 nitrogen and oxygen atoms in total. The fourth-order valence-electron chi connectivity index (χ4n) is 4.12. The molecule has 37 heavy (non-hydrogen) atoms. The summed E-state index contributed by atoms with van der Waals surface area (Å²) in [4.78, 5) is 12.3. The van der Waals surface area contributed by atoms with Gasteiger partial charge in [-0.05, 0) is 54.8 Å². The summed E-state index contributed by atoms with van der Waals surface area (Å²) in [6.45, 7) is 8.73. The van der Waals surface area contributed by atoms with Crippen molar-refractivity contribution in [1.29, 1.82) is 0 Å². The van der Waals surface area contributed by atoms with Crippen LogP contribution in [0.25, 0.3) is 22.2 Å². The first-order chi connectivity index (χ1) is 17.8. The molecule has 194 valence electrons. The van der Waals surface area contributed by atoms with Crippen LogP contribution in [0.2, 0.25) is 25.7 Å². The van der Waals surface area contributed by atoms with E-state index in [-0.39, 0.29) is 5.69 Å². The van der Waals surface area contributed by atoms with Gasteiger partial charge in [0, 0.05) is 25.6 Å². The van der Waals surface area contributed by atoms with Crippen molar-refractivity contribution in [3.05, 3.63) is 66.0 Å². The first-order valence-electron chi connectivity index (χ1n) is 12.7. The number of hydrogen-bond acceptors (Lipinski definition) is 6. The maximum Gasteiger partial charge on any atom is 0.358 e. The zero-order valence-corrected chi connectivity index (χ0v) is 22.9. The molecule has 0 unspecified atom stereocenters. The Morgan fingerprint density at radius 1 is 1.08 bits per heavy atom. The summed E-state index contributed by atoms with van der Waals surface area (Å²) in [6.07, 6.45) is 4.36. The van der Waals surface area contributed by atoms with Gasteiger partial charge >= 0.3 is 5.97 Å². The molecule has 0 N–H and O–H groups in total. The van der Waals surface area contributed by atoms with E-state index in [0.717, 1.165) is 59.0 Å². The van der Waals surface area contributed by atoms with Crippen LogP contribution in [0.5, 0.6) is 5.75 Å². The molecule has 0 radical (unpaired) electrons. The predicted molar refractivity (Wildman–Crippen MR) is 146 cm³/mol. The Bertz CT molecular complexity index is 1400. The minimum absolute atomic E-state index is 0.273. The standard InChI is InChI=1S/C28H34N4O4Si/c1-34-28(33)25-16-27(21-6-5-7-24(15-21)36-23-9-10-23)31(30-25)18-20-8-11-26-22(14-20)17-29-32(26)19-35-12-13-37(2,3)4/h5-8,11,14-17,23H,9-10,12-13,18-19H2,1-4H3. The highest BCUT2D eigenvalue weighted by Gasteiger charge is 2.24. The van der Waals surface area contributed by atoms with Crippen LogP contribution in [-0.4, -0.2) is 53.4 Å². The summed E-state index contributed by atoms with van der Waals surface area (Å²) in [5.74, 6) is 0.365. The second-order valence-electron chi connectivity index (χ2n) is 10.8. The lowest BCUT2D eigenvalue weighted by atomic mass is 10.1. The van der Waals surface area contributed by atoms with Crippen molar-refractivity contribution in [3.63, 3.8) is 0 Å². The molecule has 1 saturated carbocycles. The predicted octanol–water partition coefficient (Wildman–Crippen LogP) is 5.59. The molecule has 5 rings (SSSR count). The minimum atomic E-state index is -1.12. The lowest BCUT2D eigenvalue weighted by Crippen LogP contribution is -2.22. The Labute approximate surface area is 218 Å². The van der Waals surface area contributed by atoms with Gasteiger partial charge in [-0.1, -0.05) is 37.8 Å².